The predicted octanol–water partition coefficient (Wildman–Crippen LogP) is 2.84. The first-order chi connectivity index (χ1) is 15.0. The van der Waals surface area contributed by atoms with Gasteiger partial charge in [0.25, 0.3) is 0 Å². The van der Waals surface area contributed by atoms with Gasteiger partial charge in [0.2, 0.25) is 5.95 Å². The van der Waals surface area contributed by atoms with Crippen LogP contribution in [0.5, 0.6) is 5.75 Å². The van der Waals surface area contributed by atoms with Crippen LogP contribution in [0.2, 0.25) is 0 Å². The molecule has 0 spiro atoms. The summed E-state index contributed by atoms with van der Waals surface area (Å²) >= 11 is 0. The highest BCUT2D eigenvalue weighted by Crippen LogP contribution is 2.33. The average Bonchev–Trinajstić information content (AvgIpc) is 2.77. The second kappa shape index (κ2) is 8.99. The molecule has 3 aromatic rings. The van der Waals surface area contributed by atoms with Crippen LogP contribution in [0, 0.1) is 5.95 Å². The fourth-order valence-corrected chi connectivity index (χ4v) is 3.50. The molecule has 1 N–H and O–H groups in total. The van der Waals surface area contributed by atoms with Crippen molar-refractivity contribution in [3.8, 4) is 17.4 Å². The van der Waals surface area contributed by atoms with Gasteiger partial charge in [-0.15, -0.1) is 0 Å². The minimum atomic E-state index is -0.893. The Labute approximate surface area is 178 Å². The Hall–Kier alpha value is -3.69. The number of ether oxygens (including phenoxy) is 1. The Balaban J connectivity index is 1.52. The van der Waals surface area contributed by atoms with Gasteiger partial charge in [-0.3, -0.25) is 4.79 Å². The smallest absolute Gasteiger partial charge is 0.303 e. The number of rotatable bonds is 7. The van der Waals surface area contributed by atoms with E-state index in [1.54, 1.807) is 30.7 Å². The maximum absolute atomic E-state index is 14.1. The molecule has 0 radical (unpaired) electrons. The summed E-state index contributed by atoms with van der Waals surface area (Å²) in [5.41, 5.74) is 1.84. The van der Waals surface area contributed by atoms with E-state index in [-0.39, 0.29) is 19.1 Å². The predicted molar refractivity (Wildman–Crippen MR) is 109 cm³/mol. The number of fused-ring (bicyclic) bond motifs is 1. The largest absolute Gasteiger partial charge is 0.493 e. The first-order valence-corrected chi connectivity index (χ1v) is 9.93. The van der Waals surface area contributed by atoms with Crippen molar-refractivity contribution < 1.29 is 19.0 Å². The van der Waals surface area contributed by atoms with Crippen LogP contribution >= 0.6 is 0 Å². The van der Waals surface area contributed by atoms with Crippen molar-refractivity contribution in [3.05, 3.63) is 54.0 Å². The quantitative estimate of drug-likeness (QED) is 0.452. The van der Waals surface area contributed by atoms with Gasteiger partial charge in [0, 0.05) is 55.7 Å². The molecule has 4 heterocycles. The summed E-state index contributed by atoms with van der Waals surface area (Å²) in [6.45, 7) is 2.76. The van der Waals surface area contributed by atoms with Crippen LogP contribution in [0.4, 0.5) is 10.2 Å². The number of pyridine rings is 1. The second-order valence-corrected chi connectivity index (χ2v) is 7.12. The Kier molecular flexibility index (Phi) is 5.96. The molecule has 4 rings (SSSR count). The van der Waals surface area contributed by atoms with Crippen LogP contribution < -0.4 is 9.64 Å². The van der Waals surface area contributed by atoms with E-state index < -0.39 is 11.9 Å². The van der Waals surface area contributed by atoms with Crippen molar-refractivity contribution in [2.24, 2.45) is 0 Å². The Morgan fingerprint density at radius 2 is 2.03 bits per heavy atom. The summed E-state index contributed by atoms with van der Waals surface area (Å²) in [6.07, 6.45) is 6.02. The third kappa shape index (κ3) is 4.73. The molecule has 0 amide bonds. The monoisotopic (exact) mass is 424 g/mol. The molecule has 0 aromatic carbocycles. The number of carboxylic acid groups (broad SMARTS) is 1. The van der Waals surface area contributed by atoms with Crippen molar-refractivity contribution in [2.45, 2.75) is 32.2 Å². The van der Waals surface area contributed by atoms with Gasteiger partial charge in [-0.2, -0.15) is 4.39 Å². The molecule has 1 unspecified atom stereocenters. The molecule has 1 aliphatic heterocycles. The maximum Gasteiger partial charge on any atom is 0.303 e. The van der Waals surface area contributed by atoms with Gasteiger partial charge in [-0.05, 0) is 19.4 Å². The lowest BCUT2D eigenvalue weighted by molar-refractivity contribution is -0.137. The summed E-state index contributed by atoms with van der Waals surface area (Å²) in [5.74, 6) is 0.158. The van der Waals surface area contributed by atoms with E-state index in [0.29, 0.717) is 42.6 Å². The van der Waals surface area contributed by atoms with Gasteiger partial charge in [0.15, 0.2) is 11.6 Å². The highest BCUT2D eigenvalue weighted by atomic mass is 19.1. The van der Waals surface area contributed by atoms with E-state index in [0.717, 1.165) is 11.3 Å². The summed E-state index contributed by atoms with van der Waals surface area (Å²) in [7, 11) is 0. The Morgan fingerprint density at radius 1 is 1.23 bits per heavy atom. The van der Waals surface area contributed by atoms with E-state index >= 15 is 0 Å². The first-order valence-electron chi connectivity index (χ1n) is 9.93. The maximum atomic E-state index is 14.1. The number of hydrogen-bond acceptors (Lipinski definition) is 8. The summed E-state index contributed by atoms with van der Waals surface area (Å²) < 4.78 is 19.7. The Morgan fingerprint density at radius 3 is 2.81 bits per heavy atom. The van der Waals surface area contributed by atoms with Crippen LogP contribution in [-0.2, 0) is 11.2 Å². The zero-order chi connectivity index (χ0) is 21.8. The molecule has 10 heteroatoms. The number of nitrogens with zero attached hydrogens (tertiary/aromatic N) is 6. The lowest BCUT2D eigenvalue weighted by Crippen LogP contribution is -2.35. The third-order valence-electron chi connectivity index (χ3n) is 5.02. The minimum absolute atomic E-state index is 0.00360. The highest BCUT2D eigenvalue weighted by molar-refractivity contribution is 5.66. The molecule has 1 atom stereocenters. The van der Waals surface area contributed by atoms with Crippen LogP contribution in [0.3, 0.4) is 0 Å². The molecule has 0 bridgehead atoms. The molecule has 160 valence electrons. The number of halogens is 1. The molecule has 0 fully saturated rings. The molecular formula is C21H21FN6O3. The van der Waals surface area contributed by atoms with Crippen LogP contribution in [-0.4, -0.2) is 49.1 Å². The molecule has 9 nitrogen and oxygen atoms in total. The summed E-state index contributed by atoms with van der Waals surface area (Å²) in [5, 5.41) is 8.71. The van der Waals surface area contributed by atoms with Crippen molar-refractivity contribution in [1.29, 1.82) is 0 Å². The van der Waals surface area contributed by atoms with Crippen LogP contribution in [0.1, 0.15) is 37.1 Å². The van der Waals surface area contributed by atoms with E-state index in [1.807, 2.05) is 11.8 Å². The summed E-state index contributed by atoms with van der Waals surface area (Å²) in [4.78, 5) is 34.0. The number of carbonyl (C=O) groups is 1. The fourth-order valence-electron chi connectivity index (χ4n) is 3.50. The van der Waals surface area contributed by atoms with E-state index in [4.69, 9.17) is 9.84 Å². The number of carboxylic acids is 1. The number of aliphatic carboxylic acids is 1. The molecule has 1 aliphatic rings. The van der Waals surface area contributed by atoms with Gasteiger partial charge in [-0.1, -0.05) is 0 Å². The minimum Gasteiger partial charge on any atom is -0.493 e. The topological polar surface area (TPSA) is 114 Å². The average molecular weight is 424 g/mol. The first kappa shape index (κ1) is 20.6. The standard InChI is InChI=1S/C21H21FN6O3/c1-13-15-12-25-21(20-23-6-3-7-24-20)26-16(15)5-8-28(13)18-11-14(10-17(22)27-18)31-9-2-4-19(29)30/h3,6-7,10-13H,2,4-5,8-9H2,1H3,(H,29,30). The molecule has 3 aromatic heterocycles. The van der Waals surface area contributed by atoms with Crippen molar-refractivity contribution in [1.82, 2.24) is 24.9 Å². The molecule has 0 saturated carbocycles. The van der Waals surface area contributed by atoms with E-state index in [9.17, 15) is 9.18 Å². The van der Waals surface area contributed by atoms with Gasteiger partial charge < -0.3 is 14.7 Å². The number of hydrogen-bond donors (Lipinski definition) is 1. The molecule has 31 heavy (non-hydrogen) atoms. The van der Waals surface area contributed by atoms with Gasteiger partial charge in [-0.25, -0.2) is 24.9 Å². The van der Waals surface area contributed by atoms with Gasteiger partial charge in [0.05, 0.1) is 18.3 Å². The third-order valence-corrected chi connectivity index (χ3v) is 5.02. The van der Waals surface area contributed by atoms with E-state index in [1.165, 1.54) is 6.07 Å². The zero-order valence-electron chi connectivity index (χ0n) is 16.9. The SMILES string of the molecule is CC1c2cnc(-c3ncccn3)nc2CCN1c1cc(OCCCC(=O)O)cc(F)n1. The summed E-state index contributed by atoms with van der Waals surface area (Å²) in [6, 6.07) is 4.47. The fraction of sp³-hybridized carbons (Fsp3) is 0.333. The van der Waals surface area contributed by atoms with Crippen LogP contribution in [0.25, 0.3) is 11.6 Å². The van der Waals surface area contributed by atoms with Crippen molar-refractivity contribution in [2.75, 3.05) is 18.1 Å². The highest BCUT2D eigenvalue weighted by Gasteiger charge is 2.27. The van der Waals surface area contributed by atoms with Crippen molar-refractivity contribution in [3.63, 3.8) is 0 Å². The molecule has 0 aliphatic carbocycles. The lowest BCUT2D eigenvalue weighted by Gasteiger charge is -2.35. The van der Waals surface area contributed by atoms with E-state index in [2.05, 4.69) is 24.9 Å². The number of anilines is 1. The Bertz CT molecular complexity index is 1080. The van der Waals surface area contributed by atoms with Gasteiger partial charge in [0.1, 0.15) is 11.6 Å². The number of aromatic nitrogens is 5. The second-order valence-electron chi connectivity index (χ2n) is 7.12. The lowest BCUT2D eigenvalue weighted by atomic mass is 9.99. The van der Waals surface area contributed by atoms with Crippen molar-refractivity contribution >= 4 is 11.8 Å². The zero-order valence-corrected chi connectivity index (χ0v) is 16.9. The van der Waals surface area contributed by atoms with Crippen LogP contribution in [0.15, 0.2) is 36.8 Å². The molecular weight excluding hydrogens is 403 g/mol. The molecule has 0 saturated heterocycles. The normalized spacial score (nSPS) is 15.4. The van der Waals surface area contributed by atoms with Gasteiger partial charge >= 0.3 is 5.97 Å².